The number of hydrogen-bond acceptors (Lipinski definition) is 5. The van der Waals surface area contributed by atoms with Crippen molar-refractivity contribution in [3.05, 3.63) is 77.2 Å². The zero-order valence-electron chi connectivity index (χ0n) is 15.7. The molecule has 0 aliphatic carbocycles. The number of nitrogens with zero attached hydrogens (tertiary/aromatic N) is 2. The maximum Gasteiger partial charge on any atom is 0.421 e. The quantitative estimate of drug-likeness (QED) is 0.518. The van der Waals surface area contributed by atoms with Crippen molar-refractivity contribution in [1.82, 2.24) is 15.3 Å². The van der Waals surface area contributed by atoms with Crippen LogP contribution in [-0.2, 0) is 12.7 Å². The highest BCUT2D eigenvalue weighted by atomic mass is 19.4. The molecule has 6 nitrogen and oxygen atoms in total. The summed E-state index contributed by atoms with van der Waals surface area (Å²) >= 11 is 0. The lowest BCUT2D eigenvalue weighted by Crippen LogP contribution is -2.17. The highest BCUT2D eigenvalue weighted by Gasteiger charge is 2.35. The lowest BCUT2D eigenvalue weighted by Gasteiger charge is -2.15. The Bertz CT molecular complexity index is 1040. The number of aromatic nitrogens is 2. The van der Waals surface area contributed by atoms with Crippen molar-refractivity contribution in [2.24, 2.45) is 0 Å². The largest absolute Gasteiger partial charge is 0.421 e. The monoisotopic (exact) mass is 419 g/mol. The first-order valence-corrected chi connectivity index (χ1v) is 8.78. The summed E-state index contributed by atoms with van der Waals surface area (Å²) in [5.74, 6) is -1.27. The van der Waals surface area contributed by atoms with Gasteiger partial charge < -0.3 is 16.0 Å². The molecule has 30 heavy (non-hydrogen) atoms. The number of anilines is 3. The van der Waals surface area contributed by atoms with Gasteiger partial charge in [0.25, 0.3) is 5.91 Å². The van der Waals surface area contributed by atoms with E-state index in [1.807, 2.05) is 0 Å². The predicted octanol–water partition coefficient (Wildman–Crippen LogP) is 4.35. The molecule has 1 amide bonds. The van der Waals surface area contributed by atoms with Crippen LogP contribution in [-0.4, -0.2) is 22.9 Å². The van der Waals surface area contributed by atoms with Crippen LogP contribution in [0.5, 0.6) is 0 Å². The van der Waals surface area contributed by atoms with E-state index in [9.17, 15) is 22.4 Å². The van der Waals surface area contributed by atoms with E-state index in [0.717, 1.165) is 0 Å². The molecule has 156 valence electrons. The van der Waals surface area contributed by atoms with Crippen molar-refractivity contribution in [3.8, 4) is 0 Å². The molecule has 0 aliphatic heterocycles. The first-order valence-electron chi connectivity index (χ1n) is 8.78. The average molecular weight is 419 g/mol. The fraction of sp³-hybridized carbons (Fsp3) is 0.150. The second kappa shape index (κ2) is 8.76. The van der Waals surface area contributed by atoms with Crippen LogP contribution in [0, 0.1) is 5.82 Å². The number of carbonyl (C=O) groups excluding carboxylic acids is 1. The zero-order valence-corrected chi connectivity index (χ0v) is 15.7. The summed E-state index contributed by atoms with van der Waals surface area (Å²) in [6, 6.07) is 11.8. The number of benzene rings is 2. The summed E-state index contributed by atoms with van der Waals surface area (Å²) in [6.07, 6.45) is -4.00. The summed E-state index contributed by atoms with van der Waals surface area (Å²) in [6.45, 7) is -0.0574. The topological polar surface area (TPSA) is 78.9 Å². The van der Waals surface area contributed by atoms with E-state index in [4.69, 9.17) is 0 Å². The van der Waals surface area contributed by atoms with Crippen LogP contribution < -0.4 is 16.0 Å². The molecule has 0 unspecified atom stereocenters. The van der Waals surface area contributed by atoms with E-state index in [1.165, 1.54) is 25.2 Å². The summed E-state index contributed by atoms with van der Waals surface area (Å²) in [4.78, 5) is 19.2. The normalized spacial score (nSPS) is 11.1. The third-order valence-corrected chi connectivity index (χ3v) is 4.07. The third kappa shape index (κ3) is 5.22. The molecule has 0 saturated carbocycles. The standard InChI is InChI=1S/C20H17F4N5O/c1-25-18(30)13-5-7-15(8-6-13)28-19-27-11-16(20(22,23)24)17(29-19)26-10-12-3-2-4-14(21)9-12/h2-9,11H,10H2,1H3,(H,25,30)(H2,26,27,28,29). The van der Waals surface area contributed by atoms with Gasteiger partial charge in [0.05, 0.1) is 0 Å². The van der Waals surface area contributed by atoms with Gasteiger partial charge in [0.2, 0.25) is 5.95 Å². The number of amides is 1. The minimum Gasteiger partial charge on any atom is -0.365 e. The Morgan fingerprint density at radius 1 is 1.10 bits per heavy atom. The van der Waals surface area contributed by atoms with Crippen LogP contribution in [0.25, 0.3) is 0 Å². The van der Waals surface area contributed by atoms with Crippen molar-refractivity contribution in [3.63, 3.8) is 0 Å². The highest BCUT2D eigenvalue weighted by Crippen LogP contribution is 2.34. The first kappa shape index (κ1) is 21.0. The minimum absolute atomic E-state index is 0.0574. The summed E-state index contributed by atoms with van der Waals surface area (Å²) in [5.41, 5.74) is 0.327. The van der Waals surface area contributed by atoms with Gasteiger partial charge in [-0.3, -0.25) is 4.79 Å². The molecule has 0 saturated heterocycles. The maximum atomic E-state index is 13.3. The Morgan fingerprint density at radius 2 is 1.83 bits per heavy atom. The number of halogens is 4. The molecule has 2 aromatic carbocycles. The summed E-state index contributed by atoms with van der Waals surface area (Å²) in [5, 5.41) is 7.87. The molecule has 0 fully saturated rings. The second-order valence-electron chi connectivity index (χ2n) is 6.22. The Labute approximate surface area is 169 Å². The lowest BCUT2D eigenvalue weighted by atomic mass is 10.2. The molecule has 0 bridgehead atoms. The maximum absolute atomic E-state index is 13.3. The van der Waals surface area contributed by atoms with Gasteiger partial charge in [-0.1, -0.05) is 12.1 Å². The first-order chi connectivity index (χ1) is 14.3. The summed E-state index contributed by atoms with van der Waals surface area (Å²) < 4.78 is 53.2. The van der Waals surface area contributed by atoms with E-state index in [0.29, 0.717) is 23.0 Å². The van der Waals surface area contributed by atoms with Crippen molar-refractivity contribution in [2.75, 3.05) is 17.7 Å². The van der Waals surface area contributed by atoms with E-state index in [-0.39, 0.29) is 18.4 Å². The van der Waals surface area contributed by atoms with Gasteiger partial charge in [0.15, 0.2) is 0 Å². The van der Waals surface area contributed by atoms with Crippen molar-refractivity contribution in [2.45, 2.75) is 12.7 Å². The number of hydrogen-bond donors (Lipinski definition) is 3. The SMILES string of the molecule is CNC(=O)c1ccc(Nc2ncc(C(F)(F)F)c(NCc3cccc(F)c3)n2)cc1. The van der Waals surface area contributed by atoms with Crippen LogP contribution in [0.3, 0.4) is 0 Å². The molecule has 0 aliphatic rings. The minimum atomic E-state index is -4.67. The molecule has 1 aromatic heterocycles. The van der Waals surface area contributed by atoms with E-state index in [1.54, 1.807) is 30.3 Å². The van der Waals surface area contributed by atoms with Crippen LogP contribution in [0.15, 0.2) is 54.7 Å². The van der Waals surface area contributed by atoms with Gasteiger partial charge >= 0.3 is 6.18 Å². The Kier molecular flexibility index (Phi) is 6.14. The van der Waals surface area contributed by atoms with E-state index in [2.05, 4.69) is 25.9 Å². The van der Waals surface area contributed by atoms with Crippen molar-refractivity contribution < 1.29 is 22.4 Å². The number of carbonyl (C=O) groups is 1. The molecule has 3 aromatic rings. The number of rotatable bonds is 6. The van der Waals surface area contributed by atoms with E-state index < -0.39 is 23.4 Å². The van der Waals surface area contributed by atoms with Crippen LogP contribution >= 0.6 is 0 Å². The van der Waals surface area contributed by atoms with Crippen LogP contribution in [0.4, 0.5) is 35.0 Å². The average Bonchev–Trinajstić information content (AvgIpc) is 2.71. The van der Waals surface area contributed by atoms with Gasteiger partial charge in [-0.2, -0.15) is 18.2 Å². The molecule has 3 rings (SSSR count). The third-order valence-electron chi connectivity index (χ3n) is 4.07. The summed E-state index contributed by atoms with van der Waals surface area (Å²) in [7, 11) is 1.50. The molecular weight excluding hydrogens is 402 g/mol. The van der Waals surface area contributed by atoms with Crippen LogP contribution in [0.1, 0.15) is 21.5 Å². The smallest absolute Gasteiger partial charge is 0.365 e. The molecule has 1 heterocycles. The van der Waals surface area contributed by atoms with Crippen LogP contribution in [0.2, 0.25) is 0 Å². The van der Waals surface area contributed by atoms with Gasteiger partial charge in [-0.25, -0.2) is 9.37 Å². The fourth-order valence-electron chi connectivity index (χ4n) is 2.60. The molecule has 0 radical (unpaired) electrons. The number of nitrogens with one attached hydrogen (secondary N) is 3. The highest BCUT2D eigenvalue weighted by molar-refractivity contribution is 5.94. The Morgan fingerprint density at radius 3 is 2.47 bits per heavy atom. The second-order valence-corrected chi connectivity index (χ2v) is 6.22. The van der Waals surface area contributed by atoms with Gasteiger partial charge in [0, 0.05) is 31.0 Å². The zero-order chi connectivity index (χ0) is 21.7. The predicted molar refractivity (Wildman–Crippen MR) is 104 cm³/mol. The molecule has 10 heteroatoms. The number of alkyl halides is 3. The molecular formula is C20H17F4N5O. The van der Waals surface area contributed by atoms with Crippen molar-refractivity contribution >= 4 is 23.4 Å². The van der Waals surface area contributed by atoms with Gasteiger partial charge in [-0.15, -0.1) is 0 Å². The Hall–Kier alpha value is -3.69. The molecule has 3 N–H and O–H groups in total. The van der Waals surface area contributed by atoms with E-state index >= 15 is 0 Å². The molecule has 0 spiro atoms. The van der Waals surface area contributed by atoms with Gasteiger partial charge in [-0.05, 0) is 42.0 Å². The fourth-order valence-corrected chi connectivity index (χ4v) is 2.60. The Balaban J connectivity index is 1.82. The molecule has 0 atom stereocenters. The van der Waals surface area contributed by atoms with Gasteiger partial charge in [0.1, 0.15) is 17.2 Å². The lowest BCUT2D eigenvalue weighted by molar-refractivity contribution is -0.137. The van der Waals surface area contributed by atoms with Crippen molar-refractivity contribution in [1.29, 1.82) is 0 Å².